The van der Waals surface area contributed by atoms with Crippen LogP contribution < -0.4 is 0 Å². The molecule has 2 aliphatic rings. The van der Waals surface area contributed by atoms with Crippen LogP contribution in [0.15, 0.2) is 233 Å². The maximum absolute atomic E-state index is 6.61. The van der Waals surface area contributed by atoms with Gasteiger partial charge >= 0.3 is 0 Å². The molecule has 0 aliphatic heterocycles. The van der Waals surface area contributed by atoms with Crippen LogP contribution in [0.2, 0.25) is 0 Å². The van der Waals surface area contributed by atoms with Gasteiger partial charge < -0.3 is 8.83 Å². The first-order chi connectivity index (χ1) is 34.2. The Kier molecular flexibility index (Phi) is 7.93. The number of benzene rings is 10. The third kappa shape index (κ3) is 5.38. The van der Waals surface area contributed by atoms with Gasteiger partial charge in [0.15, 0.2) is 17.5 Å². The molecule has 69 heavy (non-hydrogen) atoms. The zero-order chi connectivity index (χ0) is 45.2. The first-order valence-electron chi connectivity index (χ1n) is 23.4. The largest absolute Gasteiger partial charge is 0.456 e. The lowest BCUT2D eigenvalue weighted by atomic mass is 9.70. The van der Waals surface area contributed by atoms with E-state index in [1.807, 2.05) is 72.8 Å². The van der Waals surface area contributed by atoms with E-state index in [0.29, 0.717) is 17.5 Å². The molecule has 3 aromatic heterocycles. The summed E-state index contributed by atoms with van der Waals surface area (Å²) in [7, 11) is 0. The molecule has 2 aliphatic carbocycles. The lowest BCUT2D eigenvalue weighted by Crippen LogP contribution is -2.25. The number of hydrogen-bond acceptors (Lipinski definition) is 5. The third-order valence-electron chi connectivity index (χ3n) is 14.6. The summed E-state index contributed by atoms with van der Waals surface area (Å²) in [5.41, 5.74) is 20.4. The monoisotopic (exact) mass is 879 g/mol. The second kappa shape index (κ2) is 14.4. The van der Waals surface area contributed by atoms with E-state index >= 15 is 0 Å². The number of fused-ring (bicyclic) bond motifs is 16. The van der Waals surface area contributed by atoms with Crippen molar-refractivity contribution in [2.45, 2.75) is 5.41 Å². The normalized spacial score (nSPS) is 13.0. The van der Waals surface area contributed by atoms with E-state index in [2.05, 4.69) is 152 Å². The smallest absolute Gasteiger partial charge is 0.167 e. The highest BCUT2D eigenvalue weighted by Crippen LogP contribution is 2.64. The predicted octanol–water partition coefficient (Wildman–Crippen LogP) is 16.3. The van der Waals surface area contributed by atoms with Crippen LogP contribution in [0.1, 0.15) is 22.3 Å². The number of rotatable bonds is 5. The molecule has 3 heterocycles. The maximum atomic E-state index is 6.61. The van der Waals surface area contributed by atoms with Crippen LogP contribution in [0.3, 0.4) is 0 Å². The lowest BCUT2D eigenvalue weighted by Gasteiger charge is -2.30. The molecule has 0 saturated heterocycles. The number of furan rings is 2. The third-order valence-corrected chi connectivity index (χ3v) is 14.6. The molecule has 0 bridgehead atoms. The van der Waals surface area contributed by atoms with Crippen molar-refractivity contribution >= 4 is 43.9 Å². The fourth-order valence-corrected chi connectivity index (χ4v) is 11.7. The fraction of sp³-hybridized carbons (Fsp3) is 0.0156. The zero-order valence-corrected chi connectivity index (χ0v) is 37.0. The van der Waals surface area contributed by atoms with Gasteiger partial charge in [0, 0.05) is 32.7 Å². The van der Waals surface area contributed by atoms with Crippen LogP contribution in [-0.2, 0) is 5.41 Å². The van der Waals surface area contributed by atoms with E-state index in [4.69, 9.17) is 23.8 Å². The summed E-state index contributed by atoms with van der Waals surface area (Å²) in [5, 5.41) is 4.00. The van der Waals surface area contributed by atoms with Gasteiger partial charge in [0.1, 0.15) is 22.3 Å². The van der Waals surface area contributed by atoms with Gasteiger partial charge in [0.25, 0.3) is 0 Å². The molecule has 0 saturated carbocycles. The molecule has 0 unspecified atom stereocenters. The highest BCUT2D eigenvalue weighted by molar-refractivity contribution is 6.13. The van der Waals surface area contributed by atoms with Crippen molar-refractivity contribution < 1.29 is 8.83 Å². The second-order valence-corrected chi connectivity index (χ2v) is 18.1. The quantitative estimate of drug-likeness (QED) is 0.172. The van der Waals surface area contributed by atoms with Crippen LogP contribution in [0.5, 0.6) is 0 Å². The standard InChI is InChI=1S/C64H37N3O2/c1-2-16-38(17-3-1)61-65-62(67-63(66-61)49-27-13-25-46-45-22-7-11-32-55(45)69-60(46)49)48-26-15-33-57-59(48)50-37-40(34-35-56(50)68-57)39-18-12-19-41(36-39)42-24-14-31-54-58(42)47-23-6-10-30-53(47)64(54)51-28-8-4-20-43(51)44-21-5-9-29-52(44)64/h1-37H. The van der Waals surface area contributed by atoms with E-state index in [1.165, 1.54) is 55.6 Å². The molecule has 15 rings (SSSR count). The molecule has 0 N–H and O–H groups in total. The number of nitrogens with zero attached hydrogens (tertiary/aromatic N) is 3. The minimum atomic E-state index is -0.403. The highest BCUT2D eigenvalue weighted by atomic mass is 16.3. The van der Waals surface area contributed by atoms with Crippen LogP contribution in [0.25, 0.3) is 123 Å². The summed E-state index contributed by atoms with van der Waals surface area (Å²) in [5.74, 6) is 1.66. The molecule has 0 amide bonds. The topological polar surface area (TPSA) is 65.0 Å². The highest BCUT2D eigenvalue weighted by Gasteiger charge is 2.52. The van der Waals surface area contributed by atoms with Gasteiger partial charge in [-0.15, -0.1) is 0 Å². The molecular formula is C64H37N3O2. The van der Waals surface area contributed by atoms with Crippen LogP contribution >= 0.6 is 0 Å². The van der Waals surface area contributed by atoms with Crippen molar-refractivity contribution in [3.63, 3.8) is 0 Å². The van der Waals surface area contributed by atoms with Gasteiger partial charge in [-0.25, -0.2) is 15.0 Å². The van der Waals surface area contributed by atoms with Crippen LogP contribution in [0.4, 0.5) is 0 Å². The first-order valence-corrected chi connectivity index (χ1v) is 23.4. The summed E-state index contributed by atoms with van der Waals surface area (Å²) in [6.07, 6.45) is 0. The number of aromatic nitrogens is 3. The van der Waals surface area contributed by atoms with Crippen molar-refractivity contribution in [1.82, 2.24) is 15.0 Å². The average molecular weight is 880 g/mol. The van der Waals surface area contributed by atoms with Gasteiger partial charge in [0.05, 0.1) is 11.0 Å². The fourth-order valence-electron chi connectivity index (χ4n) is 11.7. The Bertz CT molecular complexity index is 4230. The van der Waals surface area contributed by atoms with Crippen molar-refractivity contribution in [2.24, 2.45) is 0 Å². The molecular weight excluding hydrogens is 843 g/mol. The Morgan fingerprint density at radius 2 is 0.812 bits per heavy atom. The van der Waals surface area contributed by atoms with Crippen molar-refractivity contribution in [1.29, 1.82) is 0 Å². The predicted molar refractivity (Wildman–Crippen MR) is 278 cm³/mol. The second-order valence-electron chi connectivity index (χ2n) is 18.1. The molecule has 13 aromatic rings. The molecule has 0 radical (unpaired) electrons. The van der Waals surface area contributed by atoms with Crippen LogP contribution in [-0.4, -0.2) is 15.0 Å². The first kappa shape index (κ1) is 38.0. The zero-order valence-electron chi connectivity index (χ0n) is 37.0. The van der Waals surface area contributed by atoms with Crippen molar-refractivity contribution in [3.8, 4) is 78.7 Å². The molecule has 0 fully saturated rings. The van der Waals surface area contributed by atoms with Crippen molar-refractivity contribution in [2.75, 3.05) is 0 Å². The summed E-state index contributed by atoms with van der Waals surface area (Å²) >= 11 is 0. The summed E-state index contributed by atoms with van der Waals surface area (Å²) in [6, 6.07) is 79.9. The van der Waals surface area contributed by atoms with E-state index in [9.17, 15) is 0 Å². The molecule has 320 valence electrons. The molecule has 10 aromatic carbocycles. The Balaban J connectivity index is 0.888. The van der Waals surface area contributed by atoms with E-state index in [-0.39, 0.29) is 0 Å². The van der Waals surface area contributed by atoms with E-state index in [1.54, 1.807) is 0 Å². The van der Waals surface area contributed by atoms with Crippen molar-refractivity contribution in [3.05, 3.63) is 247 Å². The lowest BCUT2D eigenvalue weighted by molar-refractivity contribution is 0.668. The minimum Gasteiger partial charge on any atom is -0.456 e. The maximum Gasteiger partial charge on any atom is 0.167 e. The SMILES string of the molecule is c1ccc(-c2nc(-c3cccc4c3oc3ccccc34)nc(-c3cccc4oc5ccc(-c6cccc(-c7cccc8c7-c7ccccc7C87c8ccccc8-c8ccccc87)c6)cc5c34)n2)cc1. The average Bonchev–Trinajstić information content (AvgIpc) is 4.16. The number of hydrogen-bond donors (Lipinski definition) is 0. The summed E-state index contributed by atoms with van der Waals surface area (Å²) < 4.78 is 13.1. The van der Waals surface area contributed by atoms with Gasteiger partial charge in [-0.2, -0.15) is 0 Å². The summed E-state index contributed by atoms with van der Waals surface area (Å²) in [4.78, 5) is 15.5. The molecule has 1 spiro atoms. The molecule has 5 heteroatoms. The van der Waals surface area contributed by atoms with Gasteiger partial charge in [-0.05, 0) is 103 Å². The Hall–Kier alpha value is -9.19. The Morgan fingerprint density at radius 1 is 0.290 bits per heavy atom. The minimum absolute atomic E-state index is 0.403. The van der Waals surface area contributed by atoms with Gasteiger partial charge in [-0.1, -0.05) is 188 Å². The summed E-state index contributed by atoms with van der Waals surface area (Å²) in [6.45, 7) is 0. The van der Waals surface area contributed by atoms with Gasteiger partial charge in [-0.3, -0.25) is 0 Å². The Labute approximate surface area is 396 Å². The molecule has 5 nitrogen and oxygen atoms in total. The van der Waals surface area contributed by atoms with Crippen LogP contribution in [0, 0.1) is 0 Å². The van der Waals surface area contributed by atoms with Gasteiger partial charge in [0.2, 0.25) is 0 Å². The molecule has 0 atom stereocenters. The van der Waals surface area contributed by atoms with E-state index < -0.39 is 5.41 Å². The van der Waals surface area contributed by atoms with E-state index in [0.717, 1.165) is 71.7 Å². The Morgan fingerprint density at radius 3 is 1.64 bits per heavy atom. The number of para-hydroxylation sites is 2.